The van der Waals surface area contributed by atoms with Crippen molar-refractivity contribution in [3.8, 4) is 0 Å². The van der Waals surface area contributed by atoms with E-state index in [0.29, 0.717) is 31.8 Å². The highest BCUT2D eigenvalue weighted by molar-refractivity contribution is 5.74. The Morgan fingerprint density at radius 2 is 1.85 bits per heavy atom. The van der Waals surface area contributed by atoms with Crippen LogP contribution < -0.4 is 0 Å². The minimum atomic E-state index is -0.950. The molecule has 1 rings (SSSR count). The van der Waals surface area contributed by atoms with Gasteiger partial charge in [0, 0.05) is 26.2 Å². The van der Waals surface area contributed by atoms with Crippen LogP contribution in [0.15, 0.2) is 0 Å². The van der Waals surface area contributed by atoms with Gasteiger partial charge < -0.3 is 19.6 Å². The fourth-order valence-electron chi connectivity index (χ4n) is 2.25. The molecule has 0 saturated carbocycles. The molecule has 0 spiro atoms. The summed E-state index contributed by atoms with van der Waals surface area (Å²) in [6, 6.07) is 0.242. The van der Waals surface area contributed by atoms with Crippen molar-refractivity contribution in [1.82, 2.24) is 9.80 Å². The Hall–Kier alpha value is -1.30. The maximum atomic E-state index is 12.3. The van der Waals surface area contributed by atoms with E-state index in [-0.39, 0.29) is 24.8 Å². The number of carboxylic acid groups (broad SMARTS) is 1. The van der Waals surface area contributed by atoms with Crippen molar-refractivity contribution in [1.29, 1.82) is 0 Å². The fraction of sp³-hybridized carbons (Fsp3) is 0.857. The molecule has 0 aromatic rings. The minimum Gasteiger partial charge on any atom is -0.480 e. The molecule has 1 aliphatic rings. The topological polar surface area (TPSA) is 70.1 Å². The van der Waals surface area contributed by atoms with E-state index in [1.54, 1.807) is 4.90 Å². The quantitative estimate of drug-likeness (QED) is 0.834. The average Bonchev–Trinajstić information content (AvgIpc) is 2.43. The Bertz CT molecular complexity index is 338. The molecular formula is C14H26N2O4. The van der Waals surface area contributed by atoms with Gasteiger partial charge in [0.1, 0.15) is 6.61 Å². The average molecular weight is 286 g/mol. The third-order valence-corrected chi connectivity index (χ3v) is 4.03. The van der Waals surface area contributed by atoms with Crippen molar-refractivity contribution in [2.24, 2.45) is 5.92 Å². The number of nitrogens with zero attached hydrogens (tertiary/aromatic N) is 2. The Balaban J connectivity index is 2.40. The number of aliphatic carboxylic acids is 1. The summed E-state index contributed by atoms with van der Waals surface area (Å²) >= 11 is 0. The third kappa shape index (κ3) is 4.67. The van der Waals surface area contributed by atoms with Gasteiger partial charge in [-0.25, -0.2) is 9.59 Å². The Kier molecular flexibility index (Phi) is 6.26. The maximum Gasteiger partial charge on any atom is 0.329 e. The second-order valence-corrected chi connectivity index (χ2v) is 5.77. The van der Waals surface area contributed by atoms with Crippen LogP contribution in [0.4, 0.5) is 4.79 Å². The Morgan fingerprint density at radius 3 is 2.30 bits per heavy atom. The van der Waals surface area contributed by atoms with Gasteiger partial charge in [0.25, 0.3) is 0 Å². The molecule has 0 bridgehead atoms. The number of carbonyl (C=O) groups excluding carboxylic acids is 1. The second-order valence-electron chi connectivity index (χ2n) is 5.77. The second kappa shape index (κ2) is 7.47. The van der Waals surface area contributed by atoms with Crippen molar-refractivity contribution in [3.05, 3.63) is 0 Å². The van der Waals surface area contributed by atoms with Gasteiger partial charge in [-0.15, -0.1) is 0 Å². The zero-order chi connectivity index (χ0) is 15.3. The van der Waals surface area contributed by atoms with E-state index in [4.69, 9.17) is 9.84 Å². The first-order chi connectivity index (χ1) is 9.32. The molecule has 1 atom stereocenters. The molecule has 1 aliphatic heterocycles. The van der Waals surface area contributed by atoms with Crippen molar-refractivity contribution >= 4 is 12.0 Å². The van der Waals surface area contributed by atoms with Crippen LogP contribution in [0, 0.1) is 5.92 Å². The van der Waals surface area contributed by atoms with Gasteiger partial charge in [-0.1, -0.05) is 13.8 Å². The van der Waals surface area contributed by atoms with Crippen molar-refractivity contribution in [3.63, 3.8) is 0 Å². The van der Waals surface area contributed by atoms with Gasteiger partial charge >= 0.3 is 12.0 Å². The van der Waals surface area contributed by atoms with Crippen LogP contribution >= 0.6 is 0 Å². The molecule has 1 N–H and O–H groups in total. The van der Waals surface area contributed by atoms with E-state index in [1.807, 2.05) is 18.9 Å². The maximum absolute atomic E-state index is 12.3. The summed E-state index contributed by atoms with van der Waals surface area (Å²) in [4.78, 5) is 26.4. The Labute approximate surface area is 120 Å². The smallest absolute Gasteiger partial charge is 0.329 e. The summed E-state index contributed by atoms with van der Waals surface area (Å²) in [5.74, 6) is -0.533. The van der Waals surface area contributed by atoms with Crippen LogP contribution in [0.5, 0.6) is 0 Å². The van der Waals surface area contributed by atoms with Crippen LogP contribution in [-0.2, 0) is 9.53 Å². The molecule has 6 nitrogen and oxygen atoms in total. The normalized spacial score (nSPS) is 18.1. The fourth-order valence-corrected chi connectivity index (χ4v) is 2.25. The number of ether oxygens (including phenoxy) is 1. The lowest BCUT2D eigenvalue weighted by atomic mass is 10.1. The monoisotopic (exact) mass is 286 g/mol. The lowest BCUT2D eigenvalue weighted by Gasteiger charge is -2.37. The molecule has 0 aromatic heterocycles. The van der Waals surface area contributed by atoms with Gasteiger partial charge in [-0.2, -0.15) is 0 Å². The van der Waals surface area contributed by atoms with Crippen LogP contribution in [0.2, 0.25) is 0 Å². The molecule has 0 radical (unpaired) electrons. The zero-order valence-corrected chi connectivity index (χ0v) is 12.8. The highest BCUT2D eigenvalue weighted by Crippen LogP contribution is 2.17. The van der Waals surface area contributed by atoms with E-state index >= 15 is 0 Å². The summed E-state index contributed by atoms with van der Waals surface area (Å²) in [5.41, 5.74) is 0. The third-order valence-electron chi connectivity index (χ3n) is 4.03. The van der Waals surface area contributed by atoms with Gasteiger partial charge in [-0.3, -0.25) is 0 Å². The van der Waals surface area contributed by atoms with E-state index < -0.39 is 5.97 Å². The summed E-state index contributed by atoms with van der Waals surface area (Å²) in [7, 11) is 1.83. The molecule has 1 saturated heterocycles. The predicted molar refractivity (Wildman–Crippen MR) is 75.6 cm³/mol. The van der Waals surface area contributed by atoms with Crippen LogP contribution in [0.1, 0.15) is 33.6 Å². The molecule has 1 unspecified atom stereocenters. The summed E-state index contributed by atoms with van der Waals surface area (Å²) in [6.45, 7) is 7.23. The first-order valence-corrected chi connectivity index (χ1v) is 7.18. The predicted octanol–water partition coefficient (Wildman–Crippen LogP) is 1.65. The van der Waals surface area contributed by atoms with Crippen LogP contribution in [-0.4, -0.2) is 65.8 Å². The van der Waals surface area contributed by atoms with Crippen molar-refractivity contribution < 1.29 is 19.4 Å². The van der Waals surface area contributed by atoms with Gasteiger partial charge in [0.05, 0.1) is 6.10 Å². The molecule has 6 heteroatoms. The summed E-state index contributed by atoms with van der Waals surface area (Å²) < 4.78 is 5.27. The molecule has 0 aromatic carbocycles. The van der Waals surface area contributed by atoms with Gasteiger partial charge in [-0.05, 0) is 25.7 Å². The number of piperidine rings is 1. The SMILES string of the molecule is CC(C)C(C)N(C)C(=O)N1CCC(OCC(=O)O)CC1. The summed E-state index contributed by atoms with van der Waals surface area (Å²) in [5, 5.41) is 8.57. The molecule has 116 valence electrons. The lowest BCUT2D eigenvalue weighted by Crippen LogP contribution is -2.50. The van der Waals surface area contributed by atoms with E-state index in [9.17, 15) is 9.59 Å². The highest BCUT2D eigenvalue weighted by atomic mass is 16.5. The highest BCUT2D eigenvalue weighted by Gasteiger charge is 2.28. The van der Waals surface area contributed by atoms with Gasteiger partial charge in [0.2, 0.25) is 0 Å². The van der Waals surface area contributed by atoms with E-state index in [1.165, 1.54) is 0 Å². The Morgan fingerprint density at radius 1 is 1.30 bits per heavy atom. The van der Waals surface area contributed by atoms with Gasteiger partial charge in [0.15, 0.2) is 0 Å². The lowest BCUT2D eigenvalue weighted by molar-refractivity contribution is -0.145. The number of hydrogen-bond acceptors (Lipinski definition) is 3. The number of carboxylic acids is 1. The molecule has 0 aliphatic carbocycles. The zero-order valence-electron chi connectivity index (χ0n) is 12.8. The van der Waals surface area contributed by atoms with E-state index in [0.717, 1.165) is 0 Å². The molecule has 1 heterocycles. The standard InChI is InChI=1S/C14H26N2O4/c1-10(2)11(3)15(4)14(19)16-7-5-12(6-8-16)20-9-13(17)18/h10-12H,5-9H2,1-4H3,(H,17,18). The molecule has 2 amide bonds. The number of rotatable bonds is 5. The molecule has 1 fully saturated rings. The van der Waals surface area contributed by atoms with Crippen LogP contribution in [0.25, 0.3) is 0 Å². The number of carbonyl (C=O) groups is 2. The molecular weight excluding hydrogens is 260 g/mol. The first-order valence-electron chi connectivity index (χ1n) is 7.18. The number of amides is 2. The van der Waals surface area contributed by atoms with Crippen LogP contribution in [0.3, 0.4) is 0 Å². The number of likely N-dealkylation sites (tertiary alicyclic amines) is 1. The number of urea groups is 1. The minimum absolute atomic E-state index is 0.0443. The first kappa shape index (κ1) is 16.8. The number of hydrogen-bond donors (Lipinski definition) is 1. The van der Waals surface area contributed by atoms with Crippen molar-refractivity contribution in [2.45, 2.75) is 45.8 Å². The molecule has 20 heavy (non-hydrogen) atoms. The largest absolute Gasteiger partial charge is 0.480 e. The van der Waals surface area contributed by atoms with Crippen molar-refractivity contribution in [2.75, 3.05) is 26.7 Å². The van der Waals surface area contributed by atoms with E-state index in [2.05, 4.69) is 13.8 Å². The summed E-state index contributed by atoms with van der Waals surface area (Å²) in [6.07, 6.45) is 1.34.